The number of pyridine rings is 1. The third-order valence-electron chi connectivity index (χ3n) is 4.43. The van der Waals surface area contributed by atoms with Crippen LogP contribution in [-0.2, 0) is 13.0 Å². The molecule has 0 saturated carbocycles. The number of aliphatic hydroxyl groups is 1. The summed E-state index contributed by atoms with van der Waals surface area (Å²) in [6.45, 7) is 2.76. The van der Waals surface area contributed by atoms with Gasteiger partial charge < -0.3 is 10.4 Å². The second kappa shape index (κ2) is 8.56. The SMILES string of the molecule is CC(NCc1cccc(-c2ccncc2)c1)C(O)Cc1ccccc1. The minimum atomic E-state index is -0.411. The Balaban J connectivity index is 1.58. The fourth-order valence-electron chi connectivity index (χ4n) is 2.85. The molecule has 25 heavy (non-hydrogen) atoms. The summed E-state index contributed by atoms with van der Waals surface area (Å²) >= 11 is 0. The van der Waals surface area contributed by atoms with Gasteiger partial charge in [-0.3, -0.25) is 4.98 Å². The van der Waals surface area contributed by atoms with Crippen LogP contribution in [0.15, 0.2) is 79.1 Å². The first-order valence-electron chi connectivity index (χ1n) is 8.67. The first-order chi connectivity index (χ1) is 12.2. The molecule has 0 radical (unpaired) electrons. The van der Waals surface area contributed by atoms with E-state index >= 15 is 0 Å². The lowest BCUT2D eigenvalue weighted by Crippen LogP contribution is -2.38. The van der Waals surface area contributed by atoms with Crippen molar-refractivity contribution in [2.24, 2.45) is 0 Å². The monoisotopic (exact) mass is 332 g/mol. The van der Waals surface area contributed by atoms with E-state index in [1.54, 1.807) is 0 Å². The van der Waals surface area contributed by atoms with E-state index in [2.05, 4.69) is 34.6 Å². The third-order valence-corrected chi connectivity index (χ3v) is 4.43. The Morgan fingerprint density at radius 3 is 2.36 bits per heavy atom. The quantitative estimate of drug-likeness (QED) is 0.691. The number of nitrogens with zero attached hydrogens (tertiary/aromatic N) is 1. The predicted octanol–water partition coefficient (Wildman–Crippen LogP) is 3.83. The molecule has 0 spiro atoms. The van der Waals surface area contributed by atoms with Crippen LogP contribution in [0.2, 0.25) is 0 Å². The van der Waals surface area contributed by atoms with Crippen molar-refractivity contribution in [2.45, 2.75) is 32.0 Å². The highest BCUT2D eigenvalue weighted by atomic mass is 16.3. The number of aromatic nitrogens is 1. The van der Waals surface area contributed by atoms with Crippen molar-refractivity contribution in [2.75, 3.05) is 0 Å². The van der Waals surface area contributed by atoms with Crippen molar-refractivity contribution < 1.29 is 5.11 Å². The van der Waals surface area contributed by atoms with E-state index in [4.69, 9.17) is 0 Å². The largest absolute Gasteiger partial charge is 0.391 e. The average molecular weight is 332 g/mol. The number of hydrogen-bond acceptors (Lipinski definition) is 3. The standard InChI is InChI=1S/C22H24N2O/c1-17(22(25)15-18-6-3-2-4-7-18)24-16-19-8-5-9-21(14-19)20-10-12-23-13-11-20/h2-14,17,22,24-25H,15-16H2,1H3. The van der Waals surface area contributed by atoms with Crippen LogP contribution in [0.4, 0.5) is 0 Å². The maximum Gasteiger partial charge on any atom is 0.0730 e. The van der Waals surface area contributed by atoms with Gasteiger partial charge in [-0.1, -0.05) is 48.5 Å². The lowest BCUT2D eigenvalue weighted by atomic mass is 10.0. The molecule has 128 valence electrons. The summed E-state index contributed by atoms with van der Waals surface area (Å²) in [7, 11) is 0. The van der Waals surface area contributed by atoms with Gasteiger partial charge in [-0.2, -0.15) is 0 Å². The molecule has 0 aliphatic rings. The van der Waals surface area contributed by atoms with Gasteiger partial charge >= 0.3 is 0 Å². The van der Waals surface area contributed by atoms with Gasteiger partial charge in [-0.05, 0) is 53.8 Å². The maximum absolute atomic E-state index is 10.4. The van der Waals surface area contributed by atoms with E-state index in [0.717, 1.165) is 17.7 Å². The summed E-state index contributed by atoms with van der Waals surface area (Å²) < 4.78 is 0. The van der Waals surface area contributed by atoms with Crippen LogP contribution >= 0.6 is 0 Å². The molecule has 0 saturated heterocycles. The molecule has 1 heterocycles. The van der Waals surface area contributed by atoms with Gasteiger partial charge in [0.05, 0.1) is 6.10 Å². The van der Waals surface area contributed by atoms with Crippen LogP contribution in [0.25, 0.3) is 11.1 Å². The van der Waals surface area contributed by atoms with Crippen molar-refractivity contribution in [1.82, 2.24) is 10.3 Å². The van der Waals surface area contributed by atoms with E-state index in [1.807, 2.05) is 61.8 Å². The Morgan fingerprint density at radius 2 is 1.60 bits per heavy atom. The summed E-state index contributed by atoms with van der Waals surface area (Å²) in [6, 6.07) is 22.6. The Labute approximate surface area is 149 Å². The van der Waals surface area contributed by atoms with Crippen LogP contribution < -0.4 is 5.32 Å². The van der Waals surface area contributed by atoms with Crippen molar-refractivity contribution >= 4 is 0 Å². The molecule has 3 nitrogen and oxygen atoms in total. The molecule has 0 amide bonds. The molecule has 0 aliphatic carbocycles. The zero-order chi connectivity index (χ0) is 17.5. The second-order valence-corrected chi connectivity index (χ2v) is 6.36. The summed E-state index contributed by atoms with van der Waals surface area (Å²) in [5.41, 5.74) is 4.70. The number of benzene rings is 2. The molecule has 0 aliphatic heterocycles. The number of aliphatic hydroxyl groups excluding tert-OH is 1. The Kier molecular flexibility index (Phi) is 5.94. The van der Waals surface area contributed by atoms with Crippen LogP contribution in [0.1, 0.15) is 18.1 Å². The fourth-order valence-corrected chi connectivity index (χ4v) is 2.85. The van der Waals surface area contributed by atoms with E-state index in [-0.39, 0.29) is 6.04 Å². The highest BCUT2D eigenvalue weighted by Crippen LogP contribution is 2.19. The first kappa shape index (κ1) is 17.3. The maximum atomic E-state index is 10.4. The minimum absolute atomic E-state index is 0.0183. The van der Waals surface area contributed by atoms with Gasteiger partial charge in [0.15, 0.2) is 0 Å². The molecule has 2 unspecified atom stereocenters. The molecule has 2 atom stereocenters. The van der Waals surface area contributed by atoms with Gasteiger partial charge in [0.25, 0.3) is 0 Å². The van der Waals surface area contributed by atoms with Crippen molar-refractivity contribution in [1.29, 1.82) is 0 Å². The second-order valence-electron chi connectivity index (χ2n) is 6.36. The van der Waals surface area contributed by atoms with Crippen molar-refractivity contribution in [3.63, 3.8) is 0 Å². The zero-order valence-electron chi connectivity index (χ0n) is 14.5. The third kappa shape index (κ3) is 4.99. The van der Waals surface area contributed by atoms with Crippen LogP contribution in [0.5, 0.6) is 0 Å². The minimum Gasteiger partial charge on any atom is -0.391 e. The molecule has 3 rings (SSSR count). The fraction of sp³-hybridized carbons (Fsp3) is 0.227. The van der Waals surface area contributed by atoms with Crippen LogP contribution in [0.3, 0.4) is 0 Å². The van der Waals surface area contributed by atoms with E-state index in [1.165, 1.54) is 11.1 Å². The normalized spacial score (nSPS) is 13.4. The first-order valence-corrected chi connectivity index (χ1v) is 8.67. The van der Waals surface area contributed by atoms with Gasteiger partial charge in [0.1, 0.15) is 0 Å². The Hall–Kier alpha value is -2.49. The van der Waals surface area contributed by atoms with Gasteiger partial charge in [0.2, 0.25) is 0 Å². The molecular weight excluding hydrogens is 308 g/mol. The lowest BCUT2D eigenvalue weighted by Gasteiger charge is -2.20. The summed E-state index contributed by atoms with van der Waals surface area (Å²) in [6.07, 6.45) is 3.86. The van der Waals surface area contributed by atoms with Gasteiger partial charge in [0, 0.05) is 25.0 Å². The Morgan fingerprint density at radius 1 is 0.880 bits per heavy atom. The summed E-state index contributed by atoms with van der Waals surface area (Å²) in [4.78, 5) is 4.07. The lowest BCUT2D eigenvalue weighted by molar-refractivity contribution is 0.134. The number of rotatable bonds is 7. The van der Waals surface area contributed by atoms with E-state index < -0.39 is 6.10 Å². The van der Waals surface area contributed by atoms with Gasteiger partial charge in [-0.15, -0.1) is 0 Å². The van der Waals surface area contributed by atoms with Crippen molar-refractivity contribution in [3.8, 4) is 11.1 Å². The van der Waals surface area contributed by atoms with Crippen LogP contribution in [-0.4, -0.2) is 22.2 Å². The molecule has 2 aromatic carbocycles. The van der Waals surface area contributed by atoms with Crippen molar-refractivity contribution in [3.05, 3.63) is 90.3 Å². The summed E-state index contributed by atoms with van der Waals surface area (Å²) in [5, 5.41) is 13.8. The molecule has 3 heteroatoms. The molecule has 2 N–H and O–H groups in total. The van der Waals surface area contributed by atoms with Crippen LogP contribution in [0, 0.1) is 0 Å². The summed E-state index contributed by atoms with van der Waals surface area (Å²) in [5.74, 6) is 0. The number of hydrogen-bond donors (Lipinski definition) is 2. The Bertz CT molecular complexity index is 774. The smallest absolute Gasteiger partial charge is 0.0730 e. The highest BCUT2D eigenvalue weighted by Gasteiger charge is 2.14. The molecule has 0 bridgehead atoms. The molecule has 3 aromatic rings. The molecule has 0 fully saturated rings. The highest BCUT2D eigenvalue weighted by molar-refractivity contribution is 5.63. The zero-order valence-corrected chi connectivity index (χ0v) is 14.5. The van der Waals surface area contributed by atoms with E-state index in [9.17, 15) is 5.11 Å². The molecule has 1 aromatic heterocycles. The van der Waals surface area contributed by atoms with E-state index in [0.29, 0.717) is 6.42 Å². The van der Waals surface area contributed by atoms with Gasteiger partial charge in [-0.25, -0.2) is 0 Å². The number of nitrogens with one attached hydrogen (secondary N) is 1. The topological polar surface area (TPSA) is 45.2 Å². The average Bonchev–Trinajstić information content (AvgIpc) is 2.68. The molecular formula is C22H24N2O. The predicted molar refractivity (Wildman–Crippen MR) is 102 cm³/mol.